The number of nitrogen functional groups attached to an aromatic ring is 1. The molecule has 8 heteroatoms. The number of carboxylic acid groups (broad SMARTS) is 1. The lowest BCUT2D eigenvalue weighted by Crippen LogP contribution is -2.47. The summed E-state index contributed by atoms with van der Waals surface area (Å²) in [4.78, 5) is 40.7. The second-order valence-corrected chi connectivity index (χ2v) is 11.0. The molecule has 1 aromatic heterocycles. The smallest absolute Gasteiger partial charge is 0.335 e. The highest BCUT2D eigenvalue weighted by atomic mass is 32.2. The van der Waals surface area contributed by atoms with E-state index in [-0.39, 0.29) is 22.0 Å². The van der Waals surface area contributed by atoms with Gasteiger partial charge in [-0.05, 0) is 42.7 Å². The van der Waals surface area contributed by atoms with Crippen molar-refractivity contribution in [1.82, 2.24) is 4.90 Å². The van der Waals surface area contributed by atoms with Gasteiger partial charge in [0.25, 0.3) is 5.91 Å². The van der Waals surface area contributed by atoms with Crippen LogP contribution in [0, 0.1) is 0 Å². The Labute approximate surface area is 199 Å². The zero-order chi connectivity index (χ0) is 23.2. The number of hydrogen-bond acceptors (Lipinski definition) is 6. The Balaban J connectivity index is 1.30. The van der Waals surface area contributed by atoms with Crippen LogP contribution in [0.15, 0.2) is 59.5 Å². The Morgan fingerprint density at radius 2 is 1.73 bits per heavy atom. The number of fused-ring (bicyclic) bond motifs is 1. The number of nitrogens with zero attached hydrogens (tertiary/aromatic N) is 1. The van der Waals surface area contributed by atoms with Crippen LogP contribution in [0.3, 0.4) is 0 Å². The van der Waals surface area contributed by atoms with Crippen LogP contribution in [0.1, 0.15) is 50.3 Å². The fraction of sp³-hybridized carbons (Fsp3) is 0.240. The molecule has 168 valence electrons. The molecule has 1 fully saturated rings. The number of anilines is 1. The molecule has 0 unspecified atom stereocenters. The van der Waals surface area contributed by atoms with Gasteiger partial charge in [0.05, 0.1) is 16.1 Å². The molecule has 3 aromatic rings. The van der Waals surface area contributed by atoms with E-state index in [1.165, 1.54) is 11.3 Å². The lowest BCUT2D eigenvalue weighted by atomic mass is 9.88. The molecule has 0 atom stereocenters. The van der Waals surface area contributed by atoms with E-state index in [2.05, 4.69) is 0 Å². The Hall–Kier alpha value is -3.10. The van der Waals surface area contributed by atoms with Crippen LogP contribution in [0.4, 0.5) is 5.00 Å². The summed E-state index contributed by atoms with van der Waals surface area (Å²) in [6.45, 7) is 1.17. The number of Topliss-reactive ketones (excluding diaryl/α,β-unsaturated/α-hetero) is 1. The monoisotopic (exact) mass is 478 g/mol. The number of likely N-dealkylation sites (tertiary alicyclic amines) is 1. The van der Waals surface area contributed by atoms with Gasteiger partial charge < -0.3 is 15.7 Å². The molecule has 1 spiro atoms. The number of amides is 1. The maximum atomic E-state index is 13.2. The van der Waals surface area contributed by atoms with Crippen molar-refractivity contribution in [1.29, 1.82) is 0 Å². The lowest BCUT2D eigenvalue weighted by Gasteiger charge is -2.43. The predicted molar refractivity (Wildman–Crippen MR) is 130 cm³/mol. The van der Waals surface area contributed by atoms with Crippen LogP contribution < -0.4 is 5.73 Å². The summed E-state index contributed by atoms with van der Waals surface area (Å²) in [6.07, 6.45) is 2.03. The number of piperidine rings is 1. The number of carbonyl (C=O) groups excluding carboxylic acids is 2. The molecule has 33 heavy (non-hydrogen) atoms. The van der Waals surface area contributed by atoms with E-state index >= 15 is 0 Å². The normalized spacial score (nSPS) is 17.1. The van der Waals surface area contributed by atoms with E-state index in [0.717, 1.165) is 33.7 Å². The number of aromatic carboxylic acids is 1. The maximum Gasteiger partial charge on any atom is 0.335 e. The van der Waals surface area contributed by atoms with Crippen molar-refractivity contribution in [3.05, 3.63) is 71.3 Å². The third-order valence-electron chi connectivity index (χ3n) is 6.37. The first kappa shape index (κ1) is 21.7. The summed E-state index contributed by atoms with van der Waals surface area (Å²) >= 11 is 3.10. The van der Waals surface area contributed by atoms with Gasteiger partial charge >= 0.3 is 5.97 Å². The van der Waals surface area contributed by atoms with Crippen molar-refractivity contribution in [2.75, 3.05) is 18.8 Å². The molecule has 3 heterocycles. The van der Waals surface area contributed by atoms with E-state index in [9.17, 15) is 14.4 Å². The molecule has 0 bridgehead atoms. The second-order valence-electron chi connectivity index (χ2n) is 8.44. The molecular formula is C25H22N2O4S2. The van der Waals surface area contributed by atoms with E-state index in [1.807, 2.05) is 29.2 Å². The minimum absolute atomic E-state index is 0.0976. The number of nitrogens with two attached hydrogens (primary N) is 1. The van der Waals surface area contributed by atoms with Gasteiger partial charge in [0.1, 0.15) is 0 Å². The van der Waals surface area contributed by atoms with Crippen molar-refractivity contribution in [3.8, 4) is 10.4 Å². The van der Waals surface area contributed by atoms with Crippen molar-refractivity contribution < 1.29 is 19.5 Å². The van der Waals surface area contributed by atoms with Crippen LogP contribution in [-0.2, 0) is 0 Å². The highest BCUT2D eigenvalue weighted by Crippen LogP contribution is 2.49. The molecule has 1 amide bonds. The van der Waals surface area contributed by atoms with Gasteiger partial charge in [-0.25, -0.2) is 4.79 Å². The topological polar surface area (TPSA) is 101 Å². The fourth-order valence-corrected chi connectivity index (χ4v) is 6.92. The number of thiophene rings is 1. The zero-order valence-electron chi connectivity index (χ0n) is 17.7. The van der Waals surface area contributed by atoms with Gasteiger partial charge in [0.15, 0.2) is 5.78 Å². The quantitative estimate of drug-likeness (QED) is 0.546. The molecule has 0 saturated carbocycles. The Morgan fingerprint density at radius 3 is 2.42 bits per heavy atom. The Morgan fingerprint density at radius 1 is 1.03 bits per heavy atom. The molecule has 5 rings (SSSR count). The number of ketones is 1. The number of carbonyl (C=O) groups is 3. The molecule has 0 aliphatic carbocycles. The van der Waals surface area contributed by atoms with Gasteiger partial charge in [0, 0.05) is 39.6 Å². The Bertz CT molecular complexity index is 1260. The van der Waals surface area contributed by atoms with E-state index in [4.69, 9.17) is 10.8 Å². The average Bonchev–Trinajstić information content (AvgIpc) is 3.21. The highest BCUT2D eigenvalue weighted by molar-refractivity contribution is 8.01. The number of hydrogen-bond donors (Lipinski definition) is 2. The average molecular weight is 479 g/mol. The van der Waals surface area contributed by atoms with Gasteiger partial charge in [-0.15, -0.1) is 23.1 Å². The van der Waals surface area contributed by atoms with Crippen LogP contribution in [-0.4, -0.2) is 45.5 Å². The summed E-state index contributed by atoms with van der Waals surface area (Å²) in [5.41, 5.74) is 8.52. The molecule has 2 aliphatic heterocycles. The van der Waals surface area contributed by atoms with Crippen LogP contribution >= 0.6 is 23.1 Å². The number of carboxylic acids is 1. The molecule has 0 radical (unpaired) electrons. The van der Waals surface area contributed by atoms with Gasteiger partial charge in [-0.2, -0.15) is 0 Å². The Kier molecular flexibility index (Phi) is 5.50. The number of rotatable bonds is 3. The van der Waals surface area contributed by atoms with Crippen molar-refractivity contribution in [3.63, 3.8) is 0 Å². The van der Waals surface area contributed by atoms with E-state index in [0.29, 0.717) is 30.1 Å². The first-order chi connectivity index (χ1) is 15.8. The first-order valence-electron chi connectivity index (χ1n) is 10.7. The predicted octanol–water partition coefficient (Wildman–Crippen LogP) is 5.05. The van der Waals surface area contributed by atoms with Crippen LogP contribution in [0.25, 0.3) is 10.4 Å². The van der Waals surface area contributed by atoms with E-state index < -0.39 is 5.97 Å². The summed E-state index contributed by atoms with van der Waals surface area (Å²) < 4.78 is -0.153. The van der Waals surface area contributed by atoms with Crippen molar-refractivity contribution in [2.24, 2.45) is 0 Å². The summed E-state index contributed by atoms with van der Waals surface area (Å²) in [7, 11) is 0. The minimum atomic E-state index is -0.979. The van der Waals surface area contributed by atoms with Crippen molar-refractivity contribution in [2.45, 2.75) is 28.9 Å². The minimum Gasteiger partial charge on any atom is -0.478 e. The highest BCUT2D eigenvalue weighted by Gasteiger charge is 2.42. The lowest BCUT2D eigenvalue weighted by molar-refractivity contribution is 0.0686. The standard InChI is InChI=1S/C25H22N2O4S2/c26-22-18(13-21(32-22)15-5-7-16(8-6-15)24(30)31)23(29)27-11-9-25(10-12-27)14-19(28)17-3-1-2-4-20(17)33-25/h1-8,13H,9-12,14,26H2,(H,30,31). The molecule has 3 N–H and O–H groups in total. The maximum absolute atomic E-state index is 13.2. The van der Waals surface area contributed by atoms with E-state index in [1.54, 1.807) is 42.1 Å². The summed E-state index contributed by atoms with van der Waals surface area (Å²) in [5.74, 6) is -0.892. The molecule has 1 saturated heterocycles. The van der Waals surface area contributed by atoms with Gasteiger partial charge in [0.2, 0.25) is 0 Å². The molecule has 6 nitrogen and oxygen atoms in total. The second kappa shape index (κ2) is 8.35. The van der Waals surface area contributed by atoms with Crippen LogP contribution in [0.2, 0.25) is 0 Å². The molecule has 2 aliphatic rings. The molecule has 2 aromatic carbocycles. The number of thioether (sulfide) groups is 1. The van der Waals surface area contributed by atoms with Gasteiger partial charge in [-0.1, -0.05) is 30.3 Å². The van der Waals surface area contributed by atoms with Crippen molar-refractivity contribution >= 4 is 45.8 Å². The summed E-state index contributed by atoms with van der Waals surface area (Å²) in [6, 6.07) is 16.1. The third kappa shape index (κ3) is 4.05. The summed E-state index contributed by atoms with van der Waals surface area (Å²) in [5, 5.41) is 9.53. The van der Waals surface area contributed by atoms with Gasteiger partial charge in [-0.3, -0.25) is 9.59 Å². The SMILES string of the molecule is Nc1sc(-c2ccc(C(=O)O)cc2)cc1C(=O)N1CCC2(CC1)CC(=O)c1ccccc1S2. The van der Waals surface area contributed by atoms with Crippen LogP contribution in [0.5, 0.6) is 0 Å². The zero-order valence-corrected chi connectivity index (χ0v) is 19.4. The number of benzene rings is 2. The molecular weight excluding hydrogens is 456 g/mol. The first-order valence-corrected chi connectivity index (χ1v) is 12.3. The third-order valence-corrected chi connectivity index (χ3v) is 8.94. The fourth-order valence-electron chi connectivity index (χ4n) is 4.50. The largest absolute Gasteiger partial charge is 0.478 e.